The van der Waals surface area contributed by atoms with Crippen LogP contribution >= 0.6 is 0 Å². The Bertz CT molecular complexity index is 449. The molecule has 1 N–H and O–H groups in total. The second-order valence-electron chi connectivity index (χ2n) is 9.33. The normalized spacial score (nSPS) is 66.0. The van der Waals surface area contributed by atoms with Crippen LogP contribution in [0.4, 0.5) is 0 Å². The minimum atomic E-state index is 0.644. The van der Waals surface area contributed by atoms with E-state index in [1.165, 1.54) is 13.0 Å². The van der Waals surface area contributed by atoms with E-state index >= 15 is 0 Å². The van der Waals surface area contributed by atoms with Gasteiger partial charge in [-0.1, -0.05) is 19.3 Å². The Morgan fingerprint density at radius 1 is 0.800 bits per heavy atom. The molecule has 0 radical (unpaired) electrons. The van der Waals surface area contributed by atoms with E-state index in [9.17, 15) is 0 Å². The highest BCUT2D eigenvalue weighted by Gasteiger charge is 2.75. The van der Waals surface area contributed by atoms with Gasteiger partial charge in [0.05, 0.1) is 0 Å². The third-order valence-electron chi connectivity index (χ3n) is 9.43. The lowest BCUT2D eigenvalue weighted by Crippen LogP contribution is -2.77. The monoisotopic (exact) mass is 271 g/mol. The van der Waals surface area contributed by atoms with Crippen LogP contribution in [0.5, 0.6) is 0 Å². The molecule has 7 aliphatic rings. The Kier molecular flexibility index (Phi) is 2.00. The molecule has 6 saturated carbocycles. The number of hydrogen-bond donors (Lipinski definition) is 1. The Morgan fingerprint density at radius 2 is 1.60 bits per heavy atom. The first-order valence-electron chi connectivity index (χ1n) is 9.60. The quantitative estimate of drug-likeness (QED) is 0.702. The third kappa shape index (κ3) is 0.998. The second kappa shape index (κ2) is 3.47. The Balaban J connectivity index is 1.60. The number of piperidine rings is 1. The molecule has 7 fully saturated rings. The zero-order chi connectivity index (χ0) is 12.9. The fourth-order valence-electron chi connectivity index (χ4n) is 9.26. The summed E-state index contributed by atoms with van der Waals surface area (Å²) in [7, 11) is 0. The summed E-state index contributed by atoms with van der Waals surface area (Å²) >= 11 is 0. The molecular formula is C19H29N. The van der Waals surface area contributed by atoms with Crippen molar-refractivity contribution in [1.29, 1.82) is 0 Å². The number of nitrogens with one attached hydrogen (secondary N) is 1. The second-order valence-corrected chi connectivity index (χ2v) is 9.33. The molecule has 1 aliphatic heterocycles. The van der Waals surface area contributed by atoms with Crippen molar-refractivity contribution in [2.24, 2.45) is 40.9 Å². The number of hydrogen-bond acceptors (Lipinski definition) is 1. The lowest BCUT2D eigenvalue weighted by Gasteiger charge is -2.73. The molecule has 6 unspecified atom stereocenters. The Hall–Kier alpha value is -0.0400. The van der Waals surface area contributed by atoms with Crippen LogP contribution in [0.1, 0.15) is 64.2 Å². The van der Waals surface area contributed by atoms with Crippen molar-refractivity contribution >= 4 is 0 Å². The molecule has 0 aromatic rings. The Morgan fingerprint density at radius 3 is 2.45 bits per heavy atom. The molecule has 0 amide bonds. The lowest BCUT2D eigenvalue weighted by molar-refractivity contribution is -0.203. The van der Waals surface area contributed by atoms with Gasteiger partial charge >= 0.3 is 0 Å². The van der Waals surface area contributed by atoms with Crippen LogP contribution in [0.3, 0.4) is 0 Å². The van der Waals surface area contributed by atoms with Crippen LogP contribution in [0.2, 0.25) is 0 Å². The van der Waals surface area contributed by atoms with Gasteiger partial charge in [-0.05, 0) is 92.4 Å². The molecule has 1 nitrogen and oxygen atoms in total. The summed E-state index contributed by atoms with van der Waals surface area (Å²) in [6, 6.07) is 0. The molecule has 1 heteroatoms. The highest BCUT2D eigenvalue weighted by molar-refractivity contribution is 5.28. The molecule has 6 aliphatic carbocycles. The zero-order valence-electron chi connectivity index (χ0n) is 12.7. The van der Waals surface area contributed by atoms with Gasteiger partial charge in [-0.2, -0.15) is 0 Å². The van der Waals surface area contributed by atoms with Gasteiger partial charge in [0, 0.05) is 5.54 Å². The average molecular weight is 271 g/mol. The van der Waals surface area contributed by atoms with Gasteiger partial charge in [-0.25, -0.2) is 0 Å². The van der Waals surface area contributed by atoms with Crippen LogP contribution in [0.15, 0.2) is 0 Å². The number of fused-ring (bicyclic) bond motifs is 2. The molecule has 4 bridgehead atoms. The molecule has 6 atom stereocenters. The van der Waals surface area contributed by atoms with Crippen molar-refractivity contribution in [2.75, 3.05) is 6.54 Å². The topological polar surface area (TPSA) is 12.0 Å². The van der Waals surface area contributed by atoms with Crippen molar-refractivity contribution < 1.29 is 0 Å². The van der Waals surface area contributed by atoms with E-state index in [2.05, 4.69) is 5.32 Å². The molecule has 2 spiro atoms. The van der Waals surface area contributed by atoms with E-state index in [1.54, 1.807) is 57.8 Å². The van der Waals surface area contributed by atoms with Crippen molar-refractivity contribution in [3.8, 4) is 0 Å². The van der Waals surface area contributed by atoms with E-state index < -0.39 is 0 Å². The first-order chi connectivity index (χ1) is 9.85. The summed E-state index contributed by atoms with van der Waals surface area (Å²) in [6.45, 7) is 1.35. The summed E-state index contributed by atoms with van der Waals surface area (Å²) in [5, 5.41) is 4.28. The molecule has 0 aromatic heterocycles. The first-order valence-corrected chi connectivity index (χ1v) is 9.60. The lowest BCUT2D eigenvalue weighted by atomic mass is 9.36. The zero-order valence-corrected chi connectivity index (χ0v) is 12.7. The molecular weight excluding hydrogens is 242 g/mol. The SMILES string of the molecule is C1CC2CC3CCNC45C(CC(C1)C24)C1CCC35CC1. The van der Waals surface area contributed by atoms with E-state index in [0.717, 1.165) is 40.9 Å². The van der Waals surface area contributed by atoms with Crippen LogP contribution in [0, 0.1) is 40.9 Å². The van der Waals surface area contributed by atoms with Crippen LogP contribution in [-0.2, 0) is 0 Å². The third-order valence-corrected chi connectivity index (χ3v) is 9.43. The summed E-state index contributed by atoms with van der Waals surface area (Å²) in [5.74, 6) is 6.62. The van der Waals surface area contributed by atoms with Crippen molar-refractivity contribution in [1.82, 2.24) is 5.32 Å². The van der Waals surface area contributed by atoms with Crippen molar-refractivity contribution in [3.63, 3.8) is 0 Å². The van der Waals surface area contributed by atoms with Gasteiger partial charge < -0.3 is 5.32 Å². The Labute approximate surface area is 123 Å². The molecule has 0 aromatic carbocycles. The van der Waals surface area contributed by atoms with E-state index in [1.807, 2.05) is 0 Å². The van der Waals surface area contributed by atoms with Gasteiger partial charge in [-0.3, -0.25) is 0 Å². The van der Waals surface area contributed by atoms with Gasteiger partial charge in [0.2, 0.25) is 0 Å². The average Bonchev–Trinajstić information content (AvgIpc) is 2.82. The molecule has 110 valence electrons. The smallest absolute Gasteiger partial charge is 0.0304 e. The summed E-state index contributed by atoms with van der Waals surface area (Å²) in [5.41, 5.74) is 1.41. The maximum absolute atomic E-state index is 4.28. The standard InChI is InChI=1S/C19H29N/c1-2-13-10-15-6-9-20-19-16(11-14(3-1)17(13)19)12-4-7-18(15,19)8-5-12/h12-17,20H,1-11H2. The number of rotatable bonds is 0. The largest absolute Gasteiger partial charge is 0.310 e. The predicted octanol–water partition coefficient (Wildman–Crippen LogP) is 3.98. The maximum Gasteiger partial charge on any atom is 0.0304 e. The van der Waals surface area contributed by atoms with Crippen LogP contribution in [-0.4, -0.2) is 12.1 Å². The van der Waals surface area contributed by atoms with E-state index in [-0.39, 0.29) is 0 Å². The molecule has 1 heterocycles. The van der Waals surface area contributed by atoms with Gasteiger partial charge in [0.25, 0.3) is 0 Å². The summed E-state index contributed by atoms with van der Waals surface area (Å²) in [6.07, 6.45) is 15.8. The van der Waals surface area contributed by atoms with Gasteiger partial charge in [0.1, 0.15) is 0 Å². The van der Waals surface area contributed by atoms with Crippen LogP contribution in [0.25, 0.3) is 0 Å². The maximum atomic E-state index is 4.28. The van der Waals surface area contributed by atoms with Crippen molar-refractivity contribution in [2.45, 2.75) is 69.7 Å². The summed E-state index contributed by atoms with van der Waals surface area (Å²) < 4.78 is 0. The highest BCUT2D eigenvalue weighted by Crippen LogP contribution is 2.76. The van der Waals surface area contributed by atoms with Crippen LogP contribution < -0.4 is 5.32 Å². The first kappa shape index (κ1) is 11.5. The summed E-state index contributed by atoms with van der Waals surface area (Å²) in [4.78, 5) is 0. The van der Waals surface area contributed by atoms with Gasteiger partial charge in [0.15, 0.2) is 0 Å². The fraction of sp³-hybridized carbons (Fsp3) is 1.00. The van der Waals surface area contributed by atoms with Gasteiger partial charge in [-0.15, -0.1) is 0 Å². The molecule has 7 rings (SSSR count). The van der Waals surface area contributed by atoms with E-state index in [0.29, 0.717) is 5.54 Å². The van der Waals surface area contributed by atoms with Crippen molar-refractivity contribution in [3.05, 3.63) is 0 Å². The molecule has 20 heavy (non-hydrogen) atoms. The fourth-order valence-corrected chi connectivity index (χ4v) is 9.26. The van der Waals surface area contributed by atoms with E-state index in [4.69, 9.17) is 0 Å². The minimum Gasteiger partial charge on any atom is -0.310 e. The highest BCUT2D eigenvalue weighted by atomic mass is 15.1. The minimum absolute atomic E-state index is 0.644. The predicted molar refractivity (Wildman–Crippen MR) is 80.3 cm³/mol. The molecule has 1 saturated heterocycles.